The van der Waals surface area contributed by atoms with Gasteiger partial charge in [-0.2, -0.15) is 0 Å². The van der Waals surface area contributed by atoms with Crippen LogP contribution in [0.15, 0.2) is 0 Å². The van der Waals surface area contributed by atoms with E-state index in [0.717, 1.165) is 45.4 Å². The van der Waals surface area contributed by atoms with Gasteiger partial charge in [0, 0.05) is 25.6 Å². The molecule has 0 aromatic heterocycles. The van der Waals surface area contributed by atoms with Crippen LogP contribution in [0.25, 0.3) is 0 Å². The zero-order valence-corrected chi connectivity index (χ0v) is 9.71. The second kappa shape index (κ2) is 5.17. The van der Waals surface area contributed by atoms with E-state index in [-0.39, 0.29) is 12.0 Å². The fourth-order valence-electron chi connectivity index (χ4n) is 2.30. The average Bonchev–Trinajstić information content (AvgIpc) is 2.78. The van der Waals surface area contributed by atoms with Crippen molar-refractivity contribution in [2.24, 2.45) is 5.92 Å². The molecule has 2 aliphatic heterocycles. The van der Waals surface area contributed by atoms with Gasteiger partial charge in [-0.05, 0) is 31.6 Å². The fraction of sp³-hybridized carbons (Fsp3) is 0.909. The molecule has 15 heavy (non-hydrogen) atoms. The highest BCUT2D eigenvalue weighted by atomic mass is 35.5. The fourth-order valence-corrected chi connectivity index (χ4v) is 2.55. The highest BCUT2D eigenvalue weighted by Crippen LogP contribution is 2.21. The molecule has 2 atom stereocenters. The topological polar surface area (TPSA) is 29.5 Å². The molecule has 0 spiro atoms. The van der Waals surface area contributed by atoms with Crippen molar-refractivity contribution in [2.45, 2.75) is 31.8 Å². The lowest BCUT2D eigenvalue weighted by Gasteiger charge is -2.26. The maximum absolute atomic E-state index is 12.0. The molecule has 0 N–H and O–H groups in total. The van der Waals surface area contributed by atoms with Crippen LogP contribution in [-0.2, 0) is 9.53 Å². The molecule has 0 aromatic rings. The summed E-state index contributed by atoms with van der Waals surface area (Å²) in [4.78, 5) is 13.9. The summed E-state index contributed by atoms with van der Waals surface area (Å²) in [6.45, 7) is 2.42. The van der Waals surface area contributed by atoms with Gasteiger partial charge in [-0.15, -0.1) is 11.6 Å². The Balaban J connectivity index is 1.85. The molecular weight excluding hydrogens is 214 g/mol. The maximum atomic E-state index is 12.0. The zero-order chi connectivity index (χ0) is 10.7. The number of hydrogen-bond donors (Lipinski definition) is 0. The van der Waals surface area contributed by atoms with Crippen LogP contribution in [-0.4, -0.2) is 42.5 Å². The van der Waals surface area contributed by atoms with Gasteiger partial charge >= 0.3 is 0 Å². The Labute approximate surface area is 95.7 Å². The van der Waals surface area contributed by atoms with Crippen LogP contribution >= 0.6 is 11.6 Å². The number of amides is 1. The number of carbonyl (C=O) groups excluding carboxylic acids is 1. The Morgan fingerprint density at radius 2 is 2.27 bits per heavy atom. The van der Waals surface area contributed by atoms with E-state index < -0.39 is 0 Å². The van der Waals surface area contributed by atoms with E-state index in [1.807, 2.05) is 4.90 Å². The second-order valence-corrected chi connectivity index (χ2v) is 4.76. The van der Waals surface area contributed by atoms with Gasteiger partial charge in [-0.3, -0.25) is 4.79 Å². The Morgan fingerprint density at radius 3 is 2.87 bits per heavy atom. The minimum Gasteiger partial charge on any atom is -0.368 e. The Morgan fingerprint density at radius 1 is 1.40 bits per heavy atom. The van der Waals surface area contributed by atoms with Crippen molar-refractivity contribution in [1.82, 2.24) is 4.90 Å². The molecule has 2 unspecified atom stereocenters. The van der Waals surface area contributed by atoms with Gasteiger partial charge in [0.15, 0.2) is 0 Å². The van der Waals surface area contributed by atoms with Gasteiger partial charge in [0.1, 0.15) is 6.10 Å². The first-order valence-corrected chi connectivity index (χ1v) is 6.31. The van der Waals surface area contributed by atoms with Crippen molar-refractivity contribution in [2.75, 3.05) is 25.6 Å². The first kappa shape index (κ1) is 11.2. The number of halogens is 1. The van der Waals surface area contributed by atoms with E-state index in [4.69, 9.17) is 16.3 Å². The minimum absolute atomic E-state index is 0.173. The summed E-state index contributed by atoms with van der Waals surface area (Å²) in [7, 11) is 0. The van der Waals surface area contributed by atoms with Crippen LogP contribution in [0.2, 0.25) is 0 Å². The smallest absolute Gasteiger partial charge is 0.251 e. The van der Waals surface area contributed by atoms with Gasteiger partial charge in [0.2, 0.25) is 0 Å². The number of nitrogens with zero attached hydrogens (tertiary/aromatic N) is 1. The van der Waals surface area contributed by atoms with Crippen molar-refractivity contribution in [3.63, 3.8) is 0 Å². The van der Waals surface area contributed by atoms with E-state index in [2.05, 4.69) is 0 Å². The lowest BCUT2D eigenvalue weighted by molar-refractivity contribution is -0.145. The molecule has 2 heterocycles. The summed E-state index contributed by atoms with van der Waals surface area (Å²) < 4.78 is 5.50. The summed E-state index contributed by atoms with van der Waals surface area (Å²) in [6.07, 6.45) is 3.97. The zero-order valence-electron chi connectivity index (χ0n) is 8.95. The standard InChI is InChI=1S/C11H18ClNO2/c12-7-9-4-5-13(8-9)11(14)10-3-1-2-6-15-10/h9-10H,1-8H2. The first-order valence-electron chi connectivity index (χ1n) is 5.77. The maximum Gasteiger partial charge on any atom is 0.251 e. The third-order valence-corrected chi connectivity index (χ3v) is 3.71. The highest BCUT2D eigenvalue weighted by molar-refractivity contribution is 6.18. The number of ether oxygens (including phenoxy) is 1. The molecule has 2 rings (SSSR count). The largest absolute Gasteiger partial charge is 0.368 e. The Kier molecular flexibility index (Phi) is 3.87. The molecule has 0 aromatic carbocycles. The SMILES string of the molecule is O=C(C1CCCCO1)N1CCC(CCl)C1. The molecule has 86 valence electrons. The number of alkyl halides is 1. The van der Waals surface area contributed by atoms with Gasteiger partial charge in [0.25, 0.3) is 5.91 Å². The molecule has 0 saturated carbocycles. The van der Waals surface area contributed by atoms with E-state index >= 15 is 0 Å². The molecule has 4 heteroatoms. The molecule has 0 bridgehead atoms. The third kappa shape index (κ3) is 2.64. The summed E-state index contributed by atoms with van der Waals surface area (Å²) in [6, 6.07) is 0. The molecule has 0 radical (unpaired) electrons. The van der Waals surface area contributed by atoms with E-state index in [1.165, 1.54) is 0 Å². The summed E-state index contributed by atoms with van der Waals surface area (Å²) in [5, 5.41) is 0. The number of likely N-dealkylation sites (tertiary alicyclic amines) is 1. The lowest BCUT2D eigenvalue weighted by atomic mass is 10.1. The van der Waals surface area contributed by atoms with Gasteiger partial charge in [0.05, 0.1) is 0 Å². The summed E-state index contributed by atoms with van der Waals surface area (Å²) in [5.41, 5.74) is 0. The van der Waals surface area contributed by atoms with E-state index in [9.17, 15) is 4.79 Å². The van der Waals surface area contributed by atoms with Crippen LogP contribution in [0.1, 0.15) is 25.7 Å². The number of rotatable bonds is 2. The number of hydrogen-bond acceptors (Lipinski definition) is 2. The predicted octanol–water partition coefficient (Wildman–Crippen LogP) is 1.64. The highest BCUT2D eigenvalue weighted by Gasteiger charge is 2.31. The second-order valence-electron chi connectivity index (χ2n) is 4.45. The first-order chi connectivity index (χ1) is 7.31. The summed E-state index contributed by atoms with van der Waals surface area (Å²) >= 11 is 5.79. The average molecular weight is 232 g/mol. The Bertz CT molecular complexity index is 229. The van der Waals surface area contributed by atoms with Crippen LogP contribution in [0.4, 0.5) is 0 Å². The van der Waals surface area contributed by atoms with E-state index in [0.29, 0.717) is 11.8 Å². The van der Waals surface area contributed by atoms with Crippen molar-refractivity contribution < 1.29 is 9.53 Å². The van der Waals surface area contributed by atoms with Gasteiger partial charge in [-0.25, -0.2) is 0 Å². The van der Waals surface area contributed by atoms with Crippen molar-refractivity contribution in [1.29, 1.82) is 0 Å². The van der Waals surface area contributed by atoms with Crippen molar-refractivity contribution >= 4 is 17.5 Å². The third-order valence-electron chi connectivity index (χ3n) is 3.27. The molecular formula is C11H18ClNO2. The lowest BCUT2D eigenvalue weighted by Crippen LogP contribution is -2.40. The molecule has 2 fully saturated rings. The quantitative estimate of drug-likeness (QED) is 0.677. The Hall–Kier alpha value is -0.280. The predicted molar refractivity (Wildman–Crippen MR) is 59.0 cm³/mol. The van der Waals surface area contributed by atoms with E-state index in [1.54, 1.807) is 0 Å². The van der Waals surface area contributed by atoms with Gasteiger partial charge in [-0.1, -0.05) is 0 Å². The van der Waals surface area contributed by atoms with Crippen LogP contribution in [0.3, 0.4) is 0 Å². The normalized spacial score (nSPS) is 31.9. The molecule has 1 amide bonds. The van der Waals surface area contributed by atoms with Crippen LogP contribution < -0.4 is 0 Å². The van der Waals surface area contributed by atoms with Crippen LogP contribution in [0, 0.1) is 5.92 Å². The minimum atomic E-state index is -0.173. The van der Waals surface area contributed by atoms with Gasteiger partial charge < -0.3 is 9.64 Å². The molecule has 2 saturated heterocycles. The molecule has 2 aliphatic rings. The number of carbonyl (C=O) groups is 1. The molecule has 0 aliphatic carbocycles. The molecule has 3 nitrogen and oxygen atoms in total. The van der Waals surface area contributed by atoms with Crippen molar-refractivity contribution in [3.8, 4) is 0 Å². The van der Waals surface area contributed by atoms with Crippen molar-refractivity contribution in [3.05, 3.63) is 0 Å². The monoisotopic (exact) mass is 231 g/mol. The summed E-state index contributed by atoms with van der Waals surface area (Å²) in [5.74, 6) is 1.33. The van der Waals surface area contributed by atoms with Crippen LogP contribution in [0.5, 0.6) is 0 Å².